The number of carbonyl (C=O) groups excluding carboxylic acids is 1. The number of fused-ring (bicyclic) bond motifs is 1. The second kappa shape index (κ2) is 8.28. The molecule has 1 unspecified atom stereocenters. The summed E-state index contributed by atoms with van der Waals surface area (Å²) >= 11 is 0. The molecule has 0 radical (unpaired) electrons. The molecule has 4 rings (SSSR count). The van der Waals surface area contributed by atoms with Gasteiger partial charge in [-0.25, -0.2) is 9.97 Å². The maximum atomic E-state index is 12.3. The van der Waals surface area contributed by atoms with E-state index in [1.54, 1.807) is 30.0 Å². The number of nitrogens with zero attached hydrogens (tertiary/aromatic N) is 4. The van der Waals surface area contributed by atoms with E-state index in [0.717, 1.165) is 22.3 Å². The van der Waals surface area contributed by atoms with E-state index in [-0.39, 0.29) is 11.7 Å². The molecular weight excluding hydrogens is 380 g/mol. The highest BCUT2D eigenvalue weighted by Gasteiger charge is 2.27. The smallest absolute Gasteiger partial charge is 0.251 e. The topological polar surface area (TPSA) is 89.8 Å². The third-order valence-electron chi connectivity index (χ3n) is 5.54. The lowest BCUT2D eigenvalue weighted by molar-refractivity contribution is -0.140. The number of para-hydroxylation sites is 1. The first kappa shape index (κ1) is 20.1. The Morgan fingerprint density at radius 3 is 2.53 bits per heavy atom. The fraction of sp³-hybridized carbons (Fsp3) is 0.348. The van der Waals surface area contributed by atoms with Gasteiger partial charge in [0.1, 0.15) is 17.7 Å². The number of hydrogen-bond donors (Lipinski definition) is 2. The molecule has 1 atom stereocenters. The van der Waals surface area contributed by atoms with Gasteiger partial charge >= 0.3 is 0 Å². The lowest BCUT2D eigenvalue weighted by atomic mass is 10.1. The number of phenols is 1. The summed E-state index contributed by atoms with van der Waals surface area (Å²) in [6.45, 7) is 6.10. The van der Waals surface area contributed by atoms with Crippen LogP contribution in [-0.2, 0) is 4.79 Å². The van der Waals surface area contributed by atoms with E-state index in [4.69, 9.17) is 9.97 Å². The molecule has 7 heteroatoms. The minimum absolute atomic E-state index is 0.138. The monoisotopic (exact) mass is 406 g/mol. The van der Waals surface area contributed by atoms with Crippen molar-refractivity contribution in [3.63, 3.8) is 0 Å². The van der Waals surface area contributed by atoms with Crippen LogP contribution in [0.15, 0.2) is 42.5 Å². The van der Waals surface area contributed by atoms with E-state index < -0.39 is 6.10 Å². The van der Waals surface area contributed by atoms with Crippen LogP contribution in [0.3, 0.4) is 0 Å². The Kier molecular flexibility index (Phi) is 5.55. The SMILES string of the molecule is CCC(O)C(=O)N1CCN(c2nc(-c3ccccc3O)nc3cc(C)ccc23)CC1. The predicted molar refractivity (Wildman–Crippen MR) is 116 cm³/mol. The van der Waals surface area contributed by atoms with Gasteiger partial charge < -0.3 is 20.0 Å². The zero-order valence-corrected chi connectivity index (χ0v) is 17.2. The molecule has 1 aliphatic heterocycles. The quantitative estimate of drug-likeness (QED) is 0.693. The van der Waals surface area contributed by atoms with Crippen LogP contribution in [0.1, 0.15) is 18.9 Å². The number of hydrogen-bond acceptors (Lipinski definition) is 6. The van der Waals surface area contributed by atoms with Crippen LogP contribution in [0.5, 0.6) is 5.75 Å². The second-order valence-corrected chi connectivity index (χ2v) is 7.64. The van der Waals surface area contributed by atoms with Crippen LogP contribution in [0.4, 0.5) is 5.82 Å². The highest BCUT2D eigenvalue weighted by atomic mass is 16.3. The highest BCUT2D eigenvalue weighted by molar-refractivity contribution is 5.92. The molecule has 2 heterocycles. The third kappa shape index (κ3) is 3.80. The number of aliphatic hydroxyl groups is 1. The van der Waals surface area contributed by atoms with Gasteiger partial charge in [0.2, 0.25) is 0 Å². The number of aliphatic hydroxyl groups excluding tert-OH is 1. The molecule has 0 saturated carbocycles. The molecule has 2 N–H and O–H groups in total. The van der Waals surface area contributed by atoms with Gasteiger partial charge in [0.15, 0.2) is 5.82 Å². The third-order valence-corrected chi connectivity index (χ3v) is 5.54. The van der Waals surface area contributed by atoms with Crippen molar-refractivity contribution in [1.29, 1.82) is 0 Å². The molecule has 3 aromatic rings. The van der Waals surface area contributed by atoms with Gasteiger partial charge in [0.25, 0.3) is 5.91 Å². The van der Waals surface area contributed by atoms with E-state index in [1.807, 2.05) is 31.2 Å². The second-order valence-electron chi connectivity index (χ2n) is 7.64. The van der Waals surface area contributed by atoms with Crippen molar-refractivity contribution >= 4 is 22.6 Å². The van der Waals surface area contributed by atoms with Crippen molar-refractivity contribution < 1.29 is 15.0 Å². The number of aromatic nitrogens is 2. The molecule has 1 fully saturated rings. The summed E-state index contributed by atoms with van der Waals surface area (Å²) in [4.78, 5) is 25.7. The largest absolute Gasteiger partial charge is 0.507 e. The summed E-state index contributed by atoms with van der Waals surface area (Å²) in [5, 5.41) is 21.1. The summed E-state index contributed by atoms with van der Waals surface area (Å²) in [6, 6.07) is 13.1. The average Bonchev–Trinajstić information content (AvgIpc) is 2.77. The molecule has 2 aromatic carbocycles. The predicted octanol–water partition coefficient (Wildman–Crippen LogP) is 2.73. The zero-order valence-electron chi connectivity index (χ0n) is 17.2. The Hall–Kier alpha value is -3.19. The first-order valence-corrected chi connectivity index (χ1v) is 10.3. The van der Waals surface area contributed by atoms with Crippen LogP contribution >= 0.6 is 0 Å². The molecule has 0 spiro atoms. The number of aromatic hydroxyl groups is 1. The Morgan fingerprint density at radius 1 is 1.10 bits per heavy atom. The first-order chi connectivity index (χ1) is 14.5. The molecular formula is C23H26N4O3. The minimum Gasteiger partial charge on any atom is -0.507 e. The molecule has 1 amide bonds. The van der Waals surface area contributed by atoms with Crippen molar-refractivity contribution in [2.45, 2.75) is 26.4 Å². The van der Waals surface area contributed by atoms with Crippen molar-refractivity contribution in [3.8, 4) is 17.1 Å². The van der Waals surface area contributed by atoms with E-state index in [0.29, 0.717) is 44.0 Å². The fourth-order valence-corrected chi connectivity index (χ4v) is 3.77. The number of benzene rings is 2. The summed E-state index contributed by atoms with van der Waals surface area (Å²) in [5.41, 5.74) is 2.50. The van der Waals surface area contributed by atoms with Gasteiger partial charge in [-0.3, -0.25) is 4.79 Å². The maximum Gasteiger partial charge on any atom is 0.251 e. The van der Waals surface area contributed by atoms with E-state index in [1.165, 1.54) is 0 Å². The van der Waals surface area contributed by atoms with Gasteiger partial charge in [-0.05, 0) is 43.2 Å². The Bertz CT molecular complexity index is 1080. The van der Waals surface area contributed by atoms with Gasteiger partial charge in [0.05, 0.1) is 11.1 Å². The van der Waals surface area contributed by atoms with Crippen LogP contribution in [-0.4, -0.2) is 63.3 Å². The molecule has 0 bridgehead atoms. The number of aryl methyl sites for hydroxylation is 1. The number of anilines is 1. The number of amides is 1. The zero-order chi connectivity index (χ0) is 21.3. The summed E-state index contributed by atoms with van der Waals surface area (Å²) in [7, 11) is 0. The number of rotatable bonds is 4. The normalized spacial score (nSPS) is 15.4. The fourth-order valence-electron chi connectivity index (χ4n) is 3.77. The average molecular weight is 406 g/mol. The molecule has 1 saturated heterocycles. The molecule has 156 valence electrons. The van der Waals surface area contributed by atoms with Crippen LogP contribution in [0.2, 0.25) is 0 Å². The van der Waals surface area contributed by atoms with Gasteiger partial charge in [-0.2, -0.15) is 0 Å². The van der Waals surface area contributed by atoms with Gasteiger partial charge in [0, 0.05) is 31.6 Å². The summed E-state index contributed by atoms with van der Waals surface area (Å²) in [5.74, 6) is 1.19. The summed E-state index contributed by atoms with van der Waals surface area (Å²) < 4.78 is 0. The number of phenolic OH excluding ortho intramolecular Hbond substituents is 1. The van der Waals surface area contributed by atoms with Crippen molar-refractivity contribution in [1.82, 2.24) is 14.9 Å². The van der Waals surface area contributed by atoms with Gasteiger partial charge in [-0.1, -0.05) is 25.1 Å². The molecule has 7 nitrogen and oxygen atoms in total. The Balaban J connectivity index is 1.70. The lowest BCUT2D eigenvalue weighted by Gasteiger charge is -2.36. The molecule has 30 heavy (non-hydrogen) atoms. The Labute approximate surface area is 175 Å². The number of carbonyl (C=O) groups is 1. The van der Waals surface area contributed by atoms with Crippen molar-refractivity contribution in [2.75, 3.05) is 31.1 Å². The van der Waals surface area contributed by atoms with Crippen LogP contribution in [0.25, 0.3) is 22.3 Å². The van der Waals surface area contributed by atoms with E-state index in [9.17, 15) is 15.0 Å². The summed E-state index contributed by atoms with van der Waals surface area (Å²) in [6.07, 6.45) is -0.522. The lowest BCUT2D eigenvalue weighted by Crippen LogP contribution is -2.51. The first-order valence-electron chi connectivity index (χ1n) is 10.3. The minimum atomic E-state index is -0.938. The van der Waals surface area contributed by atoms with Gasteiger partial charge in [-0.15, -0.1) is 0 Å². The molecule has 1 aromatic heterocycles. The van der Waals surface area contributed by atoms with Crippen molar-refractivity contribution in [3.05, 3.63) is 48.0 Å². The number of piperazine rings is 1. The maximum absolute atomic E-state index is 12.3. The van der Waals surface area contributed by atoms with Crippen molar-refractivity contribution in [2.24, 2.45) is 0 Å². The van der Waals surface area contributed by atoms with E-state index in [2.05, 4.69) is 4.90 Å². The van der Waals surface area contributed by atoms with Crippen LogP contribution in [0, 0.1) is 6.92 Å². The van der Waals surface area contributed by atoms with E-state index >= 15 is 0 Å². The van der Waals surface area contributed by atoms with Crippen LogP contribution < -0.4 is 4.90 Å². The standard InChI is InChI=1S/C23H26N4O3/c1-3-19(28)23(30)27-12-10-26(11-13-27)22-16-9-8-15(2)14-18(16)24-21(25-22)17-6-4-5-7-20(17)29/h4-9,14,19,28-29H,3,10-13H2,1-2H3. The Morgan fingerprint density at radius 2 is 1.83 bits per heavy atom. The molecule has 1 aliphatic rings. The highest BCUT2D eigenvalue weighted by Crippen LogP contribution is 2.32. The molecule has 0 aliphatic carbocycles.